The molecule has 0 spiro atoms. The Morgan fingerprint density at radius 1 is 0.839 bits per heavy atom. The van der Waals surface area contributed by atoms with Crippen molar-refractivity contribution < 1.29 is 0 Å². The lowest BCUT2D eigenvalue weighted by Crippen LogP contribution is -2.49. The van der Waals surface area contributed by atoms with Crippen molar-refractivity contribution in [1.82, 2.24) is 14.5 Å². The Morgan fingerprint density at radius 2 is 1.61 bits per heavy atom. The van der Waals surface area contributed by atoms with Gasteiger partial charge in [-0.15, -0.1) is 0 Å². The van der Waals surface area contributed by atoms with Crippen LogP contribution >= 0.6 is 46.4 Å². The van der Waals surface area contributed by atoms with Crippen molar-refractivity contribution in [1.29, 1.82) is 0 Å². The van der Waals surface area contributed by atoms with Crippen molar-refractivity contribution in [2.75, 3.05) is 13.1 Å². The molecule has 1 aromatic heterocycles. The molecule has 0 bridgehead atoms. The van der Waals surface area contributed by atoms with Gasteiger partial charge in [-0.2, -0.15) is 0 Å². The average molecular weight is 497 g/mol. The summed E-state index contributed by atoms with van der Waals surface area (Å²) in [5.74, 6) is 1.63. The van der Waals surface area contributed by atoms with Crippen LogP contribution in [0.2, 0.25) is 20.1 Å². The van der Waals surface area contributed by atoms with Gasteiger partial charge in [-0.1, -0.05) is 58.9 Å². The van der Waals surface area contributed by atoms with Gasteiger partial charge in [0.15, 0.2) is 0 Å². The molecule has 5 rings (SSSR count). The van der Waals surface area contributed by atoms with Crippen LogP contribution in [0.5, 0.6) is 0 Å². The predicted molar refractivity (Wildman–Crippen MR) is 131 cm³/mol. The third-order valence-corrected chi connectivity index (χ3v) is 8.32. The number of hydrogen-bond acceptors (Lipinski definition) is 2. The third-order valence-electron chi connectivity index (χ3n) is 6.86. The van der Waals surface area contributed by atoms with E-state index < -0.39 is 0 Å². The molecule has 0 amide bonds. The van der Waals surface area contributed by atoms with Gasteiger partial charge in [0.05, 0.1) is 31.1 Å². The monoisotopic (exact) mass is 495 g/mol. The molecule has 3 aromatic rings. The number of aromatic nitrogens is 2. The Kier molecular flexibility index (Phi) is 6.42. The maximum absolute atomic E-state index is 6.41. The van der Waals surface area contributed by atoms with E-state index in [1.165, 1.54) is 45.2 Å². The highest BCUT2D eigenvalue weighted by molar-refractivity contribution is 6.43. The quantitative estimate of drug-likeness (QED) is 0.372. The summed E-state index contributed by atoms with van der Waals surface area (Å²) < 4.78 is 2.36. The highest BCUT2D eigenvalue weighted by atomic mass is 35.5. The van der Waals surface area contributed by atoms with Gasteiger partial charge in [0.25, 0.3) is 0 Å². The summed E-state index contributed by atoms with van der Waals surface area (Å²) in [7, 11) is 0. The van der Waals surface area contributed by atoms with Gasteiger partial charge >= 0.3 is 0 Å². The number of benzene rings is 2. The van der Waals surface area contributed by atoms with E-state index in [4.69, 9.17) is 51.4 Å². The lowest BCUT2D eigenvalue weighted by atomic mass is 9.83. The van der Waals surface area contributed by atoms with E-state index in [2.05, 4.69) is 9.47 Å². The van der Waals surface area contributed by atoms with E-state index in [1.807, 2.05) is 30.3 Å². The lowest BCUT2D eigenvalue weighted by molar-refractivity contribution is 0.0521. The minimum Gasteiger partial charge on any atom is -0.327 e. The summed E-state index contributed by atoms with van der Waals surface area (Å²) in [5, 5.41) is 2.24. The Hall–Kier alpha value is -0.970. The molecule has 164 valence electrons. The standard InChI is InChI=1S/C24H25Cl4N3/c25-17-7-6-15(10-18(17)26)11-24-29-21-12-19(27)20(28)13-23(21)31(24)14-16-4-3-9-30-8-2-1-5-22(16)30/h6-7,10,12-13,16,22H,1-5,8-9,11,14H2. The van der Waals surface area contributed by atoms with Crippen molar-refractivity contribution in [2.24, 2.45) is 5.92 Å². The van der Waals surface area contributed by atoms with E-state index in [0.29, 0.717) is 38.5 Å². The van der Waals surface area contributed by atoms with E-state index >= 15 is 0 Å². The first kappa shape index (κ1) is 21.9. The number of fused-ring (bicyclic) bond motifs is 2. The zero-order chi connectivity index (χ0) is 21.5. The Morgan fingerprint density at radius 3 is 2.45 bits per heavy atom. The molecule has 2 atom stereocenters. The molecule has 2 fully saturated rings. The maximum Gasteiger partial charge on any atom is 0.114 e. The van der Waals surface area contributed by atoms with Gasteiger partial charge in [-0.25, -0.2) is 4.98 Å². The van der Waals surface area contributed by atoms with Gasteiger partial charge < -0.3 is 9.47 Å². The Bertz CT molecular complexity index is 1110. The number of hydrogen-bond donors (Lipinski definition) is 0. The summed E-state index contributed by atoms with van der Waals surface area (Å²) >= 11 is 25.1. The van der Waals surface area contributed by atoms with Crippen LogP contribution < -0.4 is 0 Å². The first-order chi connectivity index (χ1) is 15.0. The molecule has 7 heteroatoms. The van der Waals surface area contributed by atoms with Crippen LogP contribution in [-0.2, 0) is 13.0 Å². The predicted octanol–water partition coefficient (Wildman–Crippen LogP) is 7.51. The normalized spacial score (nSPS) is 22.1. The molecule has 0 aliphatic carbocycles. The fraction of sp³-hybridized carbons (Fsp3) is 0.458. The smallest absolute Gasteiger partial charge is 0.114 e. The molecule has 31 heavy (non-hydrogen) atoms. The highest BCUT2D eigenvalue weighted by Crippen LogP contribution is 2.35. The molecule has 2 saturated heterocycles. The Labute approximate surface area is 203 Å². The number of rotatable bonds is 4. The van der Waals surface area contributed by atoms with Crippen LogP contribution in [-0.4, -0.2) is 33.6 Å². The topological polar surface area (TPSA) is 21.1 Å². The van der Waals surface area contributed by atoms with Crippen molar-refractivity contribution in [2.45, 2.75) is 51.1 Å². The van der Waals surface area contributed by atoms with E-state index in [1.54, 1.807) is 0 Å². The first-order valence-electron chi connectivity index (χ1n) is 11.0. The van der Waals surface area contributed by atoms with Crippen LogP contribution in [0.15, 0.2) is 30.3 Å². The molecule has 0 saturated carbocycles. The van der Waals surface area contributed by atoms with Gasteiger partial charge in [0.2, 0.25) is 0 Å². The number of nitrogens with zero attached hydrogens (tertiary/aromatic N) is 3. The molecular formula is C24H25Cl4N3. The van der Waals surface area contributed by atoms with Gasteiger partial charge in [-0.05, 0) is 74.5 Å². The summed E-state index contributed by atoms with van der Waals surface area (Å²) in [4.78, 5) is 7.67. The SMILES string of the molecule is Clc1ccc(Cc2nc3cc(Cl)c(Cl)cc3n2CC2CCCN3CCCCC23)cc1Cl. The van der Waals surface area contributed by atoms with E-state index in [0.717, 1.165) is 29.0 Å². The summed E-state index contributed by atoms with van der Waals surface area (Å²) in [6.45, 7) is 3.43. The summed E-state index contributed by atoms with van der Waals surface area (Å²) in [5.41, 5.74) is 3.03. The number of imidazole rings is 1. The molecule has 2 unspecified atom stereocenters. The van der Waals surface area contributed by atoms with Crippen molar-refractivity contribution >= 4 is 57.4 Å². The third kappa shape index (κ3) is 4.45. The fourth-order valence-electron chi connectivity index (χ4n) is 5.37. The molecule has 2 aliphatic rings. The number of halogens is 4. The van der Waals surface area contributed by atoms with Crippen LogP contribution in [0.3, 0.4) is 0 Å². The zero-order valence-corrected chi connectivity index (χ0v) is 20.3. The summed E-state index contributed by atoms with van der Waals surface area (Å²) in [6, 6.07) is 10.3. The Balaban J connectivity index is 1.53. The van der Waals surface area contributed by atoms with Crippen LogP contribution in [0.4, 0.5) is 0 Å². The van der Waals surface area contributed by atoms with Crippen LogP contribution in [0.25, 0.3) is 11.0 Å². The minimum absolute atomic E-state index is 0.538. The minimum atomic E-state index is 0.538. The largest absolute Gasteiger partial charge is 0.327 e. The second-order valence-electron chi connectivity index (χ2n) is 8.82. The van der Waals surface area contributed by atoms with Gasteiger partial charge in [0.1, 0.15) is 5.82 Å². The van der Waals surface area contributed by atoms with E-state index in [9.17, 15) is 0 Å². The molecule has 0 N–H and O–H groups in total. The molecule has 3 heterocycles. The maximum atomic E-state index is 6.41. The molecular weight excluding hydrogens is 472 g/mol. The molecule has 2 aromatic carbocycles. The average Bonchev–Trinajstić information content (AvgIpc) is 3.07. The molecule has 2 aliphatic heterocycles. The highest BCUT2D eigenvalue weighted by Gasteiger charge is 2.33. The second kappa shape index (κ2) is 9.11. The first-order valence-corrected chi connectivity index (χ1v) is 12.5. The van der Waals surface area contributed by atoms with Gasteiger partial charge in [0, 0.05) is 19.0 Å². The second-order valence-corrected chi connectivity index (χ2v) is 10.4. The lowest BCUT2D eigenvalue weighted by Gasteiger charge is -2.44. The molecule has 3 nitrogen and oxygen atoms in total. The van der Waals surface area contributed by atoms with Crippen molar-refractivity contribution in [3.8, 4) is 0 Å². The fourth-order valence-corrected chi connectivity index (χ4v) is 6.00. The van der Waals surface area contributed by atoms with Crippen LogP contribution in [0, 0.1) is 5.92 Å². The van der Waals surface area contributed by atoms with Crippen molar-refractivity contribution in [3.63, 3.8) is 0 Å². The molecule has 0 radical (unpaired) electrons. The number of piperidine rings is 2. The van der Waals surface area contributed by atoms with E-state index in [-0.39, 0.29) is 0 Å². The van der Waals surface area contributed by atoms with Crippen molar-refractivity contribution in [3.05, 3.63) is 61.8 Å². The summed E-state index contributed by atoms with van der Waals surface area (Å²) in [6.07, 6.45) is 7.17. The van der Waals surface area contributed by atoms with Crippen LogP contribution in [0.1, 0.15) is 43.5 Å². The van der Waals surface area contributed by atoms with Gasteiger partial charge in [-0.3, -0.25) is 0 Å². The zero-order valence-electron chi connectivity index (χ0n) is 17.3.